The van der Waals surface area contributed by atoms with Crippen molar-refractivity contribution in [3.8, 4) is 11.5 Å². The maximum Gasteiger partial charge on any atom is 0.325 e. The molecule has 0 aliphatic carbocycles. The van der Waals surface area contributed by atoms with Gasteiger partial charge in [-0.3, -0.25) is 10.1 Å². The zero-order valence-electron chi connectivity index (χ0n) is 10.8. The molecule has 6 heteroatoms. The van der Waals surface area contributed by atoms with Crippen molar-refractivity contribution < 1.29 is 19.4 Å². The zero-order valence-corrected chi connectivity index (χ0v) is 12.4. The molecule has 1 atom stereocenters. The smallest absolute Gasteiger partial charge is 0.325 e. The Morgan fingerprint density at radius 3 is 2.68 bits per heavy atom. The number of aliphatic carboxylic acids is 1. The number of carbonyl (C=O) groups is 1. The van der Waals surface area contributed by atoms with Crippen molar-refractivity contribution >= 4 is 21.9 Å². The highest BCUT2D eigenvalue weighted by Crippen LogP contribution is 2.39. The summed E-state index contributed by atoms with van der Waals surface area (Å²) in [4.78, 5) is 11.4. The second-order valence-corrected chi connectivity index (χ2v) is 5.47. The molecule has 1 heterocycles. The molecular formula is C13H16BrNO4. The van der Waals surface area contributed by atoms with Gasteiger partial charge in [0.15, 0.2) is 11.5 Å². The van der Waals surface area contributed by atoms with E-state index in [1.807, 2.05) is 13.8 Å². The first-order valence-corrected chi connectivity index (χ1v) is 6.86. The van der Waals surface area contributed by atoms with Gasteiger partial charge in [0.05, 0.1) is 4.47 Å². The Labute approximate surface area is 120 Å². The SMILES string of the molecule is CC(C)NC(C(=O)O)c1cc(Br)c2c(c1)OCCO2. The van der Waals surface area contributed by atoms with Crippen LogP contribution in [0.4, 0.5) is 0 Å². The molecule has 0 fully saturated rings. The third-order valence-corrected chi connectivity index (χ3v) is 3.29. The lowest BCUT2D eigenvalue weighted by molar-refractivity contribution is -0.139. The summed E-state index contributed by atoms with van der Waals surface area (Å²) in [5.41, 5.74) is 0.636. The average Bonchev–Trinajstić information content (AvgIpc) is 2.35. The molecule has 2 N–H and O–H groups in total. The number of benzene rings is 1. The van der Waals surface area contributed by atoms with Crippen molar-refractivity contribution in [2.75, 3.05) is 13.2 Å². The van der Waals surface area contributed by atoms with Gasteiger partial charge in [0.25, 0.3) is 0 Å². The summed E-state index contributed by atoms with van der Waals surface area (Å²) < 4.78 is 11.7. The van der Waals surface area contributed by atoms with Gasteiger partial charge < -0.3 is 14.6 Å². The summed E-state index contributed by atoms with van der Waals surface area (Å²) in [7, 11) is 0. The lowest BCUT2D eigenvalue weighted by Crippen LogP contribution is -2.33. The van der Waals surface area contributed by atoms with Gasteiger partial charge in [-0.1, -0.05) is 0 Å². The molecule has 1 unspecified atom stereocenters. The highest BCUT2D eigenvalue weighted by Gasteiger charge is 2.24. The summed E-state index contributed by atoms with van der Waals surface area (Å²) in [5, 5.41) is 12.3. The number of ether oxygens (including phenoxy) is 2. The summed E-state index contributed by atoms with van der Waals surface area (Å²) >= 11 is 3.39. The highest BCUT2D eigenvalue weighted by atomic mass is 79.9. The quantitative estimate of drug-likeness (QED) is 0.887. The molecule has 0 saturated carbocycles. The minimum absolute atomic E-state index is 0.0630. The number of halogens is 1. The molecule has 0 amide bonds. The van der Waals surface area contributed by atoms with Crippen LogP contribution in [-0.4, -0.2) is 30.3 Å². The fraction of sp³-hybridized carbons (Fsp3) is 0.462. The van der Waals surface area contributed by atoms with Crippen molar-refractivity contribution in [1.82, 2.24) is 5.32 Å². The fourth-order valence-corrected chi connectivity index (χ4v) is 2.52. The zero-order chi connectivity index (χ0) is 14.0. The van der Waals surface area contributed by atoms with Crippen molar-refractivity contribution in [2.45, 2.75) is 25.9 Å². The van der Waals surface area contributed by atoms with E-state index < -0.39 is 12.0 Å². The van der Waals surface area contributed by atoms with Gasteiger partial charge in [0.2, 0.25) is 0 Å². The Bertz CT molecular complexity index is 490. The van der Waals surface area contributed by atoms with Crippen LogP contribution in [0.15, 0.2) is 16.6 Å². The summed E-state index contributed by atoms with van der Waals surface area (Å²) in [6.45, 7) is 4.78. The number of hydrogen-bond donors (Lipinski definition) is 2. The van der Waals surface area contributed by atoms with E-state index in [1.54, 1.807) is 12.1 Å². The van der Waals surface area contributed by atoms with Gasteiger partial charge in [0.1, 0.15) is 19.3 Å². The van der Waals surface area contributed by atoms with Gasteiger partial charge in [-0.25, -0.2) is 0 Å². The van der Waals surface area contributed by atoms with E-state index in [0.717, 1.165) is 0 Å². The summed E-state index contributed by atoms with van der Waals surface area (Å²) in [6, 6.07) is 2.76. The predicted molar refractivity (Wildman–Crippen MR) is 73.8 cm³/mol. The van der Waals surface area contributed by atoms with Crippen LogP contribution >= 0.6 is 15.9 Å². The van der Waals surface area contributed by atoms with Gasteiger partial charge in [0, 0.05) is 6.04 Å². The topological polar surface area (TPSA) is 67.8 Å². The lowest BCUT2D eigenvalue weighted by atomic mass is 10.1. The van der Waals surface area contributed by atoms with Crippen molar-refractivity contribution in [1.29, 1.82) is 0 Å². The third kappa shape index (κ3) is 3.19. The van der Waals surface area contributed by atoms with Gasteiger partial charge >= 0.3 is 5.97 Å². The molecule has 0 saturated heterocycles. The van der Waals surface area contributed by atoms with Gasteiger partial charge in [-0.05, 0) is 47.5 Å². The number of nitrogens with one attached hydrogen (secondary N) is 1. The number of carboxylic acids is 1. The third-order valence-electron chi connectivity index (χ3n) is 2.70. The largest absolute Gasteiger partial charge is 0.486 e. The Morgan fingerprint density at radius 1 is 1.37 bits per heavy atom. The van der Waals surface area contributed by atoms with E-state index in [-0.39, 0.29) is 6.04 Å². The Hall–Kier alpha value is -1.27. The molecule has 1 aliphatic heterocycles. The van der Waals surface area contributed by atoms with Crippen LogP contribution < -0.4 is 14.8 Å². The first kappa shape index (κ1) is 14.1. The molecule has 19 heavy (non-hydrogen) atoms. The second-order valence-electron chi connectivity index (χ2n) is 4.62. The van der Waals surface area contributed by atoms with Crippen LogP contribution in [-0.2, 0) is 4.79 Å². The Kier molecular flexibility index (Phi) is 4.31. The van der Waals surface area contributed by atoms with Crippen LogP contribution in [0.5, 0.6) is 11.5 Å². The maximum atomic E-state index is 11.4. The van der Waals surface area contributed by atoms with Crippen LogP contribution in [0.2, 0.25) is 0 Å². The van der Waals surface area contributed by atoms with Crippen molar-refractivity contribution in [3.05, 3.63) is 22.2 Å². The summed E-state index contributed by atoms with van der Waals surface area (Å²) in [6.07, 6.45) is 0. The first-order chi connectivity index (χ1) is 8.99. The molecular weight excluding hydrogens is 314 g/mol. The molecule has 5 nitrogen and oxygen atoms in total. The normalized spacial score (nSPS) is 15.4. The maximum absolute atomic E-state index is 11.4. The highest BCUT2D eigenvalue weighted by molar-refractivity contribution is 9.10. The van der Waals surface area contributed by atoms with E-state index in [1.165, 1.54) is 0 Å². The molecule has 0 bridgehead atoms. The van der Waals surface area contributed by atoms with E-state index in [0.29, 0.717) is 34.7 Å². The van der Waals surface area contributed by atoms with Crippen LogP contribution in [0.3, 0.4) is 0 Å². The second kappa shape index (κ2) is 5.79. The molecule has 1 aromatic rings. The Morgan fingerprint density at radius 2 is 2.05 bits per heavy atom. The Balaban J connectivity index is 2.37. The van der Waals surface area contributed by atoms with Crippen molar-refractivity contribution in [2.24, 2.45) is 0 Å². The van der Waals surface area contributed by atoms with Gasteiger partial charge in [-0.15, -0.1) is 0 Å². The molecule has 1 aromatic carbocycles. The van der Waals surface area contributed by atoms with E-state index in [4.69, 9.17) is 9.47 Å². The molecule has 1 aliphatic rings. The minimum atomic E-state index is -0.919. The summed E-state index contributed by atoms with van der Waals surface area (Å²) in [5.74, 6) is 0.286. The fourth-order valence-electron chi connectivity index (χ4n) is 1.94. The first-order valence-electron chi connectivity index (χ1n) is 6.07. The lowest BCUT2D eigenvalue weighted by Gasteiger charge is -2.23. The van der Waals surface area contributed by atoms with E-state index in [9.17, 15) is 9.90 Å². The average molecular weight is 330 g/mol. The molecule has 0 aromatic heterocycles. The number of hydrogen-bond acceptors (Lipinski definition) is 4. The molecule has 104 valence electrons. The van der Waals surface area contributed by atoms with Crippen LogP contribution in [0, 0.1) is 0 Å². The molecule has 0 radical (unpaired) electrons. The number of fused-ring (bicyclic) bond motifs is 1. The van der Waals surface area contributed by atoms with Gasteiger partial charge in [-0.2, -0.15) is 0 Å². The minimum Gasteiger partial charge on any atom is -0.486 e. The van der Waals surface area contributed by atoms with Crippen LogP contribution in [0.1, 0.15) is 25.5 Å². The van der Waals surface area contributed by atoms with Crippen molar-refractivity contribution in [3.63, 3.8) is 0 Å². The molecule has 2 rings (SSSR count). The van der Waals surface area contributed by atoms with E-state index in [2.05, 4.69) is 21.2 Å². The molecule has 0 spiro atoms. The number of carboxylic acid groups (broad SMARTS) is 1. The number of rotatable bonds is 4. The van der Waals surface area contributed by atoms with E-state index >= 15 is 0 Å². The monoisotopic (exact) mass is 329 g/mol. The van der Waals surface area contributed by atoms with Crippen LogP contribution in [0.25, 0.3) is 0 Å². The predicted octanol–water partition coefficient (Wildman–Crippen LogP) is 2.34. The standard InChI is InChI=1S/C13H16BrNO4/c1-7(2)15-11(13(16)17)8-5-9(14)12-10(6-8)18-3-4-19-12/h5-7,11,15H,3-4H2,1-2H3,(H,16,17).